The lowest BCUT2D eigenvalue weighted by atomic mass is 10.1. The van der Waals surface area contributed by atoms with Crippen LogP contribution >= 0.6 is 0 Å². The first-order chi connectivity index (χ1) is 18.2. The van der Waals surface area contributed by atoms with Crippen LogP contribution in [0.2, 0.25) is 0 Å². The number of hydrogen-bond donors (Lipinski definition) is 2. The molecule has 0 unspecified atom stereocenters. The van der Waals surface area contributed by atoms with E-state index < -0.39 is 17.2 Å². The molecule has 11 heteroatoms. The molecule has 2 heterocycles. The Morgan fingerprint density at radius 3 is 2.42 bits per heavy atom. The van der Waals surface area contributed by atoms with E-state index in [2.05, 4.69) is 10.5 Å². The predicted molar refractivity (Wildman–Crippen MR) is 144 cm³/mol. The molecule has 1 amide bonds. The molecule has 4 rings (SSSR count). The van der Waals surface area contributed by atoms with E-state index in [1.54, 1.807) is 22.8 Å². The molecule has 0 radical (unpaired) electrons. The first-order valence-electron chi connectivity index (χ1n) is 12.3. The molecule has 0 saturated carbocycles. The molecular weight excluding hydrogens is 493 g/mol. The first-order valence-corrected chi connectivity index (χ1v) is 12.3. The van der Waals surface area contributed by atoms with Gasteiger partial charge in [0, 0.05) is 50.0 Å². The summed E-state index contributed by atoms with van der Waals surface area (Å²) in [6, 6.07) is 10.0. The third-order valence-electron chi connectivity index (χ3n) is 6.61. The number of nitrogens with one attached hydrogen (secondary N) is 1. The van der Waals surface area contributed by atoms with E-state index in [-0.39, 0.29) is 23.4 Å². The maximum absolute atomic E-state index is 15.1. The standard InChI is InChI=1S/C27H30FN5O5/c1-4-32-15-21(27(36)37)26(35)20-13-22(28)24(14-23(20)32)33-11-9-31(10-12-33)16-25(34)29-19-7-5-18(6-8-19)17(2)30-38-3/h5-8,13-15H,4,9-12,16H2,1-3H3,(H,29,34)(H,36,37)/b30-17+. The highest BCUT2D eigenvalue weighted by Crippen LogP contribution is 2.26. The molecule has 1 saturated heterocycles. The summed E-state index contributed by atoms with van der Waals surface area (Å²) < 4.78 is 16.7. The number of aromatic nitrogens is 1. The van der Waals surface area contributed by atoms with Crippen LogP contribution in [0.3, 0.4) is 0 Å². The number of hydrogen-bond acceptors (Lipinski definition) is 7. The van der Waals surface area contributed by atoms with E-state index in [0.29, 0.717) is 49.6 Å². The van der Waals surface area contributed by atoms with Crippen LogP contribution in [0.5, 0.6) is 0 Å². The van der Waals surface area contributed by atoms with Crippen LogP contribution < -0.4 is 15.6 Å². The van der Waals surface area contributed by atoms with Crippen LogP contribution in [0.25, 0.3) is 10.9 Å². The highest BCUT2D eigenvalue weighted by Gasteiger charge is 2.23. The lowest BCUT2D eigenvalue weighted by Crippen LogP contribution is -2.49. The number of piperazine rings is 1. The molecule has 0 bridgehead atoms. The maximum Gasteiger partial charge on any atom is 0.341 e. The quantitative estimate of drug-likeness (QED) is 0.344. The summed E-state index contributed by atoms with van der Waals surface area (Å²) in [5, 5.41) is 16.2. The zero-order chi connectivity index (χ0) is 27.4. The first kappa shape index (κ1) is 26.8. The van der Waals surface area contributed by atoms with Crippen molar-refractivity contribution in [3.05, 3.63) is 69.8 Å². The van der Waals surface area contributed by atoms with Gasteiger partial charge in [0.2, 0.25) is 11.3 Å². The SMILES string of the molecule is CCn1cc(C(=O)O)c(=O)c2cc(F)c(N3CCN(CC(=O)Nc4ccc(/C(C)=N/OC)cc4)CC3)cc21. The smallest absolute Gasteiger partial charge is 0.341 e. The number of rotatable bonds is 8. The monoisotopic (exact) mass is 523 g/mol. The number of pyridine rings is 1. The van der Waals surface area contributed by atoms with Crippen molar-refractivity contribution >= 4 is 39.9 Å². The molecule has 0 spiro atoms. The lowest BCUT2D eigenvalue weighted by Gasteiger charge is -2.36. The van der Waals surface area contributed by atoms with Gasteiger partial charge in [-0.05, 0) is 43.7 Å². The van der Waals surface area contributed by atoms with Gasteiger partial charge >= 0.3 is 5.97 Å². The Labute approximate surface area is 218 Å². The molecule has 2 N–H and O–H groups in total. The van der Waals surface area contributed by atoms with Crippen LogP contribution in [0.15, 0.2) is 52.5 Å². The van der Waals surface area contributed by atoms with Crippen molar-refractivity contribution < 1.29 is 23.9 Å². The van der Waals surface area contributed by atoms with Crippen molar-refractivity contribution in [2.45, 2.75) is 20.4 Å². The molecule has 1 aromatic heterocycles. The second-order valence-corrected chi connectivity index (χ2v) is 9.03. The number of aryl methyl sites for hydroxylation is 1. The molecule has 1 aliphatic heterocycles. The number of halogens is 1. The lowest BCUT2D eigenvalue weighted by molar-refractivity contribution is -0.117. The van der Waals surface area contributed by atoms with Crippen LogP contribution in [0.1, 0.15) is 29.8 Å². The van der Waals surface area contributed by atoms with E-state index in [1.807, 2.05) is 35.8 Å². The fourth-order valence-electron chi connectivity index (χ4n) is 4.59. The summed E-state index contributed by atoms with van der Waals surface area (Å²) in [4.78, 5) is 45.3. The van der Waals surface area contributed by atoms with Gasteiger partial charge in [0.05, 0.1) is 23.5 Å². The average Bonchev–Trinajstić information content (AvgIpc) is 2.90. The minimum Gasteiger partial charge on any atom is -0.477 e. The largest absolute Gasteiger partial charge is 0.477 e. The summed E-state index contributed by atoms with van der Waals surface area (Å²) >= 11 is 0. The summed E-state index contributed by atoms with van der Waals surface area (Å²) in [5.41, 5.74) is 2.04. The summed E-state index contributed by atoms with van der Waals surface area (Å²) in [5.74, 6) is -2.07. The molecule has 1 fully saturated rings. The Hall–Kier alpha value is -4.25. The fraction of sp³-hybridized carbons (Fsp3) is 0.333. The Morgan fingerprint density at radius 2 is 1.82 bits per heavy atom. The minimum atomic E-state index is -1.34. The molecule has 38 heavy (non-hydrogen) atoms. The number of carboxylic acid groups (broad SMARTS) is 1. The van der Waals surface area contributed by atoms with Gasteiger partial charge in [0.1, 0.15) is 18.5 Å². The summed E-state index contributed by atoms with van der Waals surface area (Å²) in [7, 11) is 1.49. The Kier molecular flexibility index (Phi) is 8.06. The van der Waals surface area contributed by atoms with Crippen molar-refractivity contribution in [3.63, 3.8) is 0 Å². The van der Waals surface area contributed by atoms with E-state index in [4.69, 9.17) is 4.84 Å². The van der Waals surface area contributed by atoms with Gasteiger partial charge < -0.3 is 24.7 Å². The van der Waals surface area contributed by atoms with E-state index in [9.17, 15) is 19.5 Å². The van der Waals surface area contributed by atoms with Crippen LogP contribution in [-0.2, 0) is 16.2 Å². The molecule has 0 aliphatic carbocycles. The Morgan fingerprint density at radius 1 is 1.13 bits per heavy atom. The number of amides is 1. The number of nitrogens with zero attached hydrogens (tertiary/aromatic N) is 4. The second-order valence-electron chi connectivity index (χ2n) is 9.03. The fourth-order valence-corrected chi connectivity index (χ4v) is 4.59. The maximum atomic E-state index is 15.1. The van der Waals surface area contributed by atoms with E-state index >= 15 is 4.39 Å². The highest BCUT2D eigenvalue weighted by atomic mass is 19.1. The topological polar surface area (TPSA) is 116 Å². The van der Waals surface area contributed by atoms with Gasteiger partial charge in [0.15, 0.2) is 0 Å². The molecule has 3 aromatic rings. The van der Waals surface area contributed by atoms with Gasteiger partial charge in [-0.1, -0.05) is 17.3 Å². The van der Waals surface area contributed by atoms with Crippen LogP contribution in [-0.4, -0.2) is 72.0 Å². The number of carbonyl (C=O) groups is 2. The number of fused-ring (bicyclic) bond motifs is 1. The number of carbonyl (C=O) groups excluding carboxylic acids is 1. The summed E-state index contributed by atoms with van der Waals surface area (Å²) in [6.07, 6.45) is 1.30. The van der Waals surface area contributed by atoms with E-state index in [0.717, 1.165) is 17.3 Å². The van der Waals surface area contributed by atoms with Crippen molar-refractivity contribution in [1.29, 1.82) is 0 Å². The molecular formula is C27H30FN5O5. The van der Waals surface area contributed by atoms with E-state index in [1.165, 1.54) is 13.3 Å². The number of aromatic carboxylic acids is 1. The number of carboxylic acids is 1. The van der Waals surface area contributed by atoms with Crippen LogP contribution in [0.4, 0.5) is 15.8 Å². The van der Waals surface area contributed by atoms with Gasteiger partial charge in [0.25, 0.3) is 0 Å². The molecule has 0 atom stereocenters. The van der Waals surface area contributed by atoms with Crippen molar-refractivity contribution in [2.24, 2.45) is 5.16 Å². The van der Waals surface area contributed by atoms with Crippen molar-refractivity contribution in [2.75, 3.05) is 50.1 Å². The highest BCUT2D eigenvalue weighted by molar-refractivity contribution is 5.99. The zero-order valence-corrected chi connectivity index (χ0v) is 21.5. The van der Waals surface area contributed by atoms with Crippen molar-refractivity contribution in [1.82, 2.24) is 9.47 Å². The molecule has 200 valence electrons. The third kappa shape index (κ3) is 5.67. The van der Waals surface area contributed by atoms with Gasteiger partial charge in [-0.15, -0.1) is 0 Å². The second kappa shape index (κ2) is 11.4. The number of oxime groups is 1. The third-order valence-corrected chi connectivity index (χ3v) is 6.61. The molecule has 10 nitrogen and oxygen atoms in total. The van der Waals surface area contributed by atoms with Gasteiger partial charge in [-0.25, -0.2) is 9.18 Å². The summed E-state index contributed by atoms with van der Waals surface area (Å²) in [6.45, 7) is 6.37. The number of anilines is 2. The Bertz CT molecular complexity index is 1440. The van der Waals surface area contributed by atoms with Crippen LogP contribution in [0, 0.1) is 5.82 Å². The molecule has 1 aliphatic rings. The zero-order valence-electron chi connectivity index (χ0n) is 21.5. The van der Waals surface area contributed by atoms with Crippen molar-refractivity contribution in [3.8, 4) is 0 Å². The predicted octanol–water partition coefficient (Wildman–Crippen LogP) is 2.99. The van der Waals surface area contributed by atoms with Gasteiger partial charge in [-0.3, -0.25) is 14.5 Å². The number of benzene rings is 2. The normalized spacial score (nSPS) is 14.5. The van der Waals surface area contributed by atoms with Gasteiger partial charge in [-0.2, -0.15) is 0 Å². The Balaban J connectivity index is 1.41. The average molecular weight is 524 g/mol. The molecule has 2 aromatic carbocycles. The minimum absolute atomic E-state index is 0.0393.